The number of benzene rings is 2. The third-order valence-corrected chi connectivity index (χ3v) is 4.51. The first-order valence-corrected chi connectivity index (χ1v) is 7.88. The molecule has 1 unspecified atom stereocenters. The zero-order valence-electron chi connectivity index (χ0n) is 14.2. The Morgan fingerprint density at radius 1 is 1.12 bits per heavy atom. The van der Waals surface area contributed by atoms with Crippen molar-refractivity contribution in [3.8, 4) is 0 Å². The van der Waals surface area contributed by atoms with Gasteiger partial charge in [0.2, 0.25) is 0 Å². The van der Waals surface area contributed by atoms with Crippen molar-refractivity contribution in [2.24, 2.45) is 0 Å². The monoisotopic (exact) mass is 347 g/mol. The molecule has 5 nitrogen and oxygen atoms in total. The molecule has 0 saturated carbocycles. The number of nitrogens with one attached hydrogen (secondary N) is 1. The zero-order chi connectivity index (χ0) is 16.6. The van der Waals surface area contributed by atoms with Crippen molar-refractivity contribution in [3.63, 3.8) is 0 Å². The maximum atomic E-state index is 11.2. The number of nitro groups is 1. The van der Waals surface area contributed by atoms with Crippen LogP contribution in [-0.4, -0.2) is 24.7 Å². The van der Waals surface area contributed by atoms with E-state index in [0.29, 0.717) is 0 Å². The molecule has 1 atom stereocenters. The summed E-state index contributed by atoms with van der Waals surface area (Å²) in [7, 11) is 0. The number of hydrogen-bond donors (Lipinski definition) is 1. The topological polar surface area (TPSA) is 50.8 Å². The van der Waals surface area contributed by atoms with Crippen LogP contribution in [0.1, 0.15) is 16.7 Å². The zero-order valence-corrected chi connectivity index (χ0v) is 14.9. The van der Waals surface area contributed by atoms with E-state index in [0.717, 1.165) is 25.4 Å². The second-order valence-electron chi connectivity index (χ2n) is 6.29. The van der Waals surface area contributed by atoms with E-state index in [-0.39, 0.29) is 23.0 Å². The average Bonchev–Trinajstić information content (AvgIpc) is 2.95. The van der Waals surface area contributed by atoms with Crippen LogP contribution in [0.2, 0.25) is 0 Å². The number of halogens is 1. The van der Waals surface area contributed by atoms with E-state index < -0.39 is 0 Å². The molecule has 1 heterocycles. The van der Waals surface area contributed by atoms with Crippen molar-refractivity contribution < 1.29 is 22.2 Å². The molecule has 0 aromatic heterocycles. The summed E-state index contributed by atoms with van der Waals surface area (Å²) in [6, 6.07) is 11.4. The Hall–Kier alpha value is -2.11. The van der Waals surface area contributed by atoms with Gasteiger partial charge in [0.25, 0.3) is 5.69 Å². The van der Waals surface area contributed by atoms with Gasteiger partial charge in [-0.3, -0.25) is 15.0 Å². The molecule has 0 radical (unpaired) electrons. The van der Waals surface area contributed by atoms with Gasteiger partial charge in [0.1, 0.15) is 17.9 Å². The quantitative estimate of drug-likeness (QED) is 0.602. The van der Waals surface area contributed by atoms with Gasteiger partial charge in [-0.15, -0.1) is 0 Å². The molecule has 0 amide bonds. The van der Waals surface area contributed by atoms with Gasteiger partial charge >= 0.3 is 0 Å². The van der Waals surface area contributed by atoms with Gasteiger partial charge in [0, 0.05) is 17.2 Å². The smallest absolute Gasteiger partial charge is 0.292 e. The molecule has 2 aromatic rings. The summed E-state index contributed by atoms with van der Waals surface area (Å²) in [6.07, 6.45) is 0. The number of aryl methyl sites for hydroxylation is 3. The predicted molar refractivity (Wildman–Crippen MR) is 91.5 cm³/mol. The molecule has 2 aromatic carbocycles. The van der Waals surface area contributed by atoms with Gasteiger partial charge in [-0.2, -0.15) is 0 Å². The lowest BCUT2D eigenvalue weighted by atomic mass is 10.0. The molecule has 1 saturated heterocycles. The Morgan fingerprint density at radius 2 is 1.75 bits per heavy atom. The first-order valence-electron chi connectivity index (χ1n) is 7.88. The van der Waals surface area contributed by atoms with Crippen molar-refractivity contribution in [2.45, 2.75) is 20.8 Å². The summed E-state index contributed by atoms with van der Waals surface area (Å²) in [4.78, 5) is 14.4. The second-order valence-corrected chi connectivity index (χ2v) is 6.29. The number of para-hydroxylation sites is 2. The Labute approximate surface area is 148 Å². The van der Waals surface area contributed by atoms with Gasteiger partial charge in [-0.05, 0) is 26.8 Å². The molecule has 0 aliphatic carbocycles. The molecular weight excluding hydrogens is 326 g/mol. The van der Waals surface area contributed by atoms with E-state index in [4.69, 9.17) is 0 Å². The summed E-state index contributed by atoms with van der Waals surface area (Å²) in [6.45, 7) is 8.95. The number of hydrogen-bond acceptors (Lipinski definition) is 3. The molecule has 24 heavy (non-hydrogen) atoms. The third kappa shape index (κ3) is 3.37. The van der Waals surface area contributed by atoms with E-state index >= 15 is 0 Å². The maximum absolute atomic E-state index is 11.2. The molecule has 0 bridgehead atoms. The minimum absolute atomic E-state index is 0. The lowest BCUT2D eigenvalue weighted by molar-refractivity contribution is -0.817. The Bertz CT molecular complexity index is 741. The van der Waals surface area contributed by atoms with Crippen molar-refractivity contribution in [1.82, 2.24) is 0 Å². The van der Waals surface area contributed by atoms with Crippen molar-refractivity contribution in [3.05, 3.63) is 63.2 Å². The van der Waals surface area contributed by atoms with Crippen molar-refractivity contribution in [1.29, 1.82) is 0 Å². The van der Waals surface area contributed by atoms with E-state index in [2.05, 4.69) is 37.8 Å². The van der Waals surface area contributed by atoms with Crippen LogP contribution in [0, 0.1) is 30.9 Å². The molecule has 1 aliphatic heterocycles. The number of nitrogens with zero attached hydrogens (tertiary/aromatic N) is 2. The van der Waals surface area contributed by atoms with Crippen LogP contribution in [0.3, 0.4) is 0 Å². The highest BCUT2D eigenvalue weighted by atomic mass is 35.5. The Kier molecular flexibility index (Phi) is 5.47. The Morgan fingerprint density at radius 3 is 2.38 bits per heavy atom. The third-order valence-electron chi connectivity index (χ3n) is 4.51. The fraction of sp³-hybridized carbons (Fsp3) is 0.333. The summed E-state index contributed by atoms with van der Waals surface area (Å²) < 4.78 is 0. The summed E-state index contributed by atoms with van der Waals surface area (Å²) in [5.41, 5.74) is 6.10. The molecule has 1 N–H and O–H groups in total. The van der Waals surface area contributed by atoms with Crippen LogP contribution in [0.15, 0.2) is 36.4 Å². The lowest BCUT2D eigenvalue weighted by Gasteiger charge is -2.19. The molecule has 1 fully saturated rings. The van der Waals surface area contributed by atoms with Crippen LogP contribution in [-0.2, 0) is 0 Å². The van der Waals surface area contributed by atoms with E-state index in [9.17, 15) is 10.1 Å². The largest absolute Gasteiger partial charge is 1.00 e. The molecule has 128 valence electrons. The van der Waals surface area contributed by atoms with Crippen LogP contribution < -0.4 is 22.2 Å². The average molecular weight is 348 g/mol. The second kappa shape index (κ2) is 7.20. The van der Waals surface area contributed by atoms with Crippen molar-refractivity contribution in [2.75, 3.05) is 24.7 Å². The van der Waals surface area contributed by atoms with Crippen LogP contribution in [0.4, 0.5) is 17.1 Å². The minimum Gasteiger partial charge on any atom is -1.00 e. The van der Waals surface area contributed by atoms with E-state index in [1.807, 2.05) is 12.1 Å². The molecular formula is C18H22ClN3O2. The number of nitro benzene ring substituents is 1. The SMILES string of the molecule is Cc1cc(C)c([NH+]2CCN(c3ccccc3[N+](=O)[O-])C2)c(C)c1.[Cl-]. The fourth-order valence-electron chi connectivity index (χ4n) is 3.69. The standard InChI is InChI=1S/C18H21N3O2.ClH/c1-13-10-14(2)18(15(3)11-13)20-9-8-19(12-20)16-6-4-5-7-17(16)21(22)23;/h4-7,10-11H,8-9,12H2,1-3H3;1H. The maximum Gasteiger partial charge on any atom is 0.292 e. The fourth-order valence-corrected chi connectivity index (χ4v) is 3.69. The molecule has 1 aliphatic rings. The highest BCUT2D eigenvalue weighted by molar-refractivity contribution is 5.63. The predicted octanol–water partition coefficient (Wildman–Crippen LogP) is -0.482. The number of quaternary nitrogens is 1. The number of anilines is 1. The highest BCUT2D eigenvalue weighted by Crippen LogP contribution is 2.28. The normalized spacial score (nSPS) is 16.8. The summed E-state index contributed by atoms with van der Waals surface area (Å²) in [5, 5.41) is 11.2. The first-order chi connectivity index (χ1) is 11.0. The van der Waals surface area contributed by atoms with Crippen LogP contribution >= 0.6 is 0 Å². The first kappa shape index (κ1) is 18.2. The summed E-state index contributed by atoms with van der Waals surface area (Å²) in [5.74, 6) is 0. The number of rotatable bonds is 3. The van der Waals surface area contributed by atoms with Gasteiger partial charge < -0.3 is 17.3 Å². The van der Waals surface area contributed by atoms with E-state index in [1.54, 1.807) is 12.1 Å². The van der Waals surface area contributed by atoms with Gasteiger partial charge in [0.05, 0.1) is 11.5 Å². The molecule has 6 heteroatoms. The van der Waals surface area contributed by atoms with E-state index in [1.165, 1.54) is 27.3 Å². The summed E-state index contributed by atoms with van der Waals surface area (Å²) >= 11 is 0. The Balaban J connectivity index is 0.00000208. The van der Waals surface area contributed by atoms with Crippen LogP contribution in [0.25, 0.3) is 0 Å². The highest BCUT2D eigenvalue weighted by Gasteiger charge is 2.31. The van der Waals surface area contributed by atoms with Gasteiger partial charge in [-0.25, -0.2) is 0 Å². The van der Waals surface area contributed by atoms with Gasteiger partial charge in [-0.1, -0.05) is 29.8 Å². The van der Waals surface area contributed by atoms with Gasteiger partial charge in [0.15, 0.2) is 6.67 Å². The molecule has 0 spiro atoms. The minimum atomic E-state index is -0.296. The van der Waals surface area contributed by atoms with Crippen molar-refractivity contribution >= 4 is 17.1 Å². The molecule has 3 rings (SSSR count). The lowest BCUT2D eigenvalue weighted by Crippen LogP contribution is -3.06. The van der Waals surface area contributed by atoms with Crippen LogP contribution in [0.5, 0.6) is 0 Å².